The molecule has 38 heavy (non-hydrogen) atoms. The molecule has 3 rings (SSSR count). The Morgan fingerprint density at radius 1 is 1.05 bits per heavy atom. The molecule has 1 aromatic heterocycles. The number of nitrogens with zero attached hydrogens (tertiary/aromatic N) is 3. The van der Waals surface area contributed by atoms with Crippen LogP contribution in [0, 0.1) is 6.92 Å². The van der Waals surface area contributed by atoms with Gasteiger partial charge in [0.05, 0.1) is 0 Å². The number of allylic oxidation sites excluding steroid dienone is 4. The van der Waals surface area contributed by atoms with Crippen LogP contribution >= 0.6 is 0 Å². The number of likely N-dealkylation sites (N-methyl/N-ethyl adjacent to an activating group) is 1. The van der Waals surface area contributed by atoms with Gasteiger partial charge in [0.15, 0.2) is 0 Å². The van der Waals surface area contributed by atoms with Crippen LogP contribution in [0.5, 0.6) is 0 Å². The zero-order valence-corrected chi connectivity index (χ0v) is 23.1. The molecule has 1 fully saturated rings. The van der Waals surface area contributed by atoms with Gasteiger partial charge in [-0.1, -0.05) is 45.4 Å². The molecule has 0 aliphatic carbocycles. The van der Waals surface area contributed by atoms with E-state index in [0.29, 0.717) is 0 Å². The van der Waals surface area contributed by atoms with Crippen molar-refractivity contribution in [3.8, 4) is 11.1 Å². The van der Waals surface area contributed by atoms with Crippen molar-refractivity contribution < 1.29 is 0 Å². The summed E-state index contributed by atoms with van der Waals surface area (Å²) in [7, 11) is 4.11. The lowest BCUT2D eigenvalue weighted by molar-refractivity contribution is 0.331. The normalized spacial score (nSPS) is 14.0. The minimum Gasteiger partial charge on any atom is -0.384 e. The van der Waals surface area contributed by atoms with Gasteiger partial charge in [0.2, 0.25) is 0 Å². The number of rotatable bonds is 13. The van der Waals surface area contributed by atoms with Crippen molar-refractivity contribution in [1.29, 1.82) is 0 Å². The highest BCUT2D eigenvalue weighted by molar-refractivity contribution is 5.81. The van der Waals surface area contributed by atoms with Crippen LogP contribution in [0.4, 0.5) is 0 Å². The topological polar surface area (TPSA) is 43.4 Å². The van der Waals surface area contributed by atoms with Crippen LogP contribution in [-0.2, 0) is 6.54 Å². The number of nitrogens with one attached hydrogen (secondary N) is 2. The lowest BCUT2D eigenvalue weighted by Crippen LogP contribution is -2.25. The second-order valence-electron chi connectivity index (χ2n) is 10.0. The van der Waals surface area contributed by atoms with Gasteiger partial charge in [-0.2, -0.15) is 0 Å². The van der Waals surface area contributed by atoms with Crippen molar-refractivity contribution >= 4 is 5.57 Å². The molecule has 5 nitrogen and oxygen atoms in total. The Labute approximate surface area is 231 Å². The lowest BCUT2D eigenvalue weighted by Gasteiger charge is -2.17. The molecule has 0 atom stereocenters. The van der Waals surface area contributed by atoms with E-state index in [9.17, 15) is 0 Å². The second kappa shape index (κ2) is 15.1. The molecule has 0 amide bonds. The summed E-state index contributed by atoms with van der Waals surface area (Å²) in [4.78, 5) is 9.18. The number of hydrogen-bond acceptors (Lipinski definition) is 5. The fourth-order valence-electron chi connectivity index (χ4n) is 4.37. The van der Waals surface area contributed by atoms with E-state index in [1.54, 1.807) is 0 Å². The van der Waals surface area contributed by atoms with Gasteiger partial charge in [-0.25, -0.2) is 0 Å². The zero-order valence-electron chi connectivity index (χ0n) is 23.1. The zero-order chi connectivity index (χ0) is 26.8. The third kappa shape index (κ3) is 9.16. The van der Waals surface area contributed by atoms with E-state index in [1.807, 2.05) is 37.5 Å². The lowest BCUT2D eigenvalue weighted by atomic mass is 9.94. The van der Waals surface area contributed by atoms with Gasteiger partial charge in [-0.05, 0) is 106 Å². The molecule has 5 heteroatoms. The van der Waals surface area contributed by atoms with Gasteiger partial charge < -0.3 is 15.5 Å². The van der Waals surface area contributed by atoms with E-state index in [1.165, 1.54) is 31.5 Å². The molecule has 0 radical (unpaired) electrons. The molecule has 2 N–H and O–H groups in total. The summed E-state index contributed by atoms with van der Waals surface area (Å²) in [6.45, 7) is 22.0. The van der Waals surface area contributed by atoms with E-state index in [2.05, 4.69) is 90.4 Å². The minimum atomic E-state index is 0. The Kier molecular flexibility index (Phi) is 12.3. The van der Waals surface area contributed by atoms with Crippen molar-refractivity contribution in [2.45, 2.75) is 40.7 Å². The van der Waals surface area contributed by atoms with E-state index < -0.39 is 0 Å². The van der Waals surface area contributed by atoms with Crippen LogP contribution in [0.2, 0.25) is 0 Å². The molecular formula is C33H47N5. The predicted molar refractivity (Wildman–Crippen MR) is 166 cm³/mol. The molecule has 1 saturated heterocycles. The molecule has 0 unspecified atom stereocenters. The van der Waals surface area contributed by atoms with Gasteiger partial charge in [-0.3, -0.25) is 9.88 Å². The number of hydrogen-bond donors (Lipinski definition) is 2. The number of aryl methyl sites for hydroxylation is 1. The maximum Gasteiger partial charge on any atom is 0.0384 e. The molecule has 0 saturated carbocycles. The highest BCUT2D eigenvalue weighted by atomic mass is 15.1. The van der Waals surface area contributed by atoms with Gasteiger partial charge in [-0.15, -0.1) is 0 Å². The fourth-order valence-corrected chi connectivity index (χ4v) is 4.37. The maximum atomic E-state index is 4.54. The quantitative estimate of drug-likeness (QED) is 0.298. The Hall–Kier alpha value is -3.41. The summed E-state index contributed by atoms with van der Waals surface area (Å²) in [5.74, 6) is 0. The molecule has 204 valence electrons. The molecule has 0 spiro atoms. The molecule has 2 heterocycles. The summed E-state index contributed by atoms with van der Waals surface area (Å²) >= 11 is 0. The first-order valence-electron chi connectivity index (χ1n) is 13.1. The van der Waals surface area contributed by atoms with Crippen molar-refractivity contribution in [3.05, 3.63) is 108 Å². The highest BCUT2D eigenvalue weighted by Gasteiger charge is 2.13. The maximum absolute atomic E-state index is 4.54. The molecule has 0 bridgehead atoms. The standard InChI is InChI=1S/C32H43N5.CH4/c1-8-31(14-12-25(3)34-15-18-36(6)7)35-27(5)26(4)32-20-29(13-11-24(32)2)30-19-28(21-33-22-30)23-37-16-9-10-17-37;/h8,11-14,19-22,34-35H,3-5,9-10,15-18,23H2,1-2,6-7H3;1H4/b14-12-,31-8+;. The Morgan fingerprint density at radius 2 is 1.79 bits per heavy atom. The summed E-state index contributed by atoms with van der Waals surface area (Å²) < 4.78 is 0. The van der Waals surface area contributed by atoms with Crippen LogP contribution in [0.3, 0.4) is 0 Å². The first-order chi connectivity index (χ1) is 17.8. The third-order valence-corrected chi connectivity index (χ3v) is 6.64. The van der Waals surface area contributed by atoms with E-state index in [4.69, 9.17) is 0 Å². The predicted octanol–water partition coefficient (Wildman–Crippen LogP) is 6.53. The van der Waals surface area contributed by atoms with Gasteiger partial charge >= 0.3 is 0 Å². The van der Waals surface area contributed by atoms with Gasteiger partial charge in [0, 0.05) is 54.7 Å². The smallest absolute Gasteiger partial charge is 0.0384 e. The first kappa shape index (κ1) is 30.8. The summed E-state index contributed by atoms with van der Waals surface area (Å²) in [5, 5.41) is 6.74. The summed E-state index contributed by atoms with van der Waals surface area (Å²) in [5.41, 5.74) is 9.21. The number of aromatic nitrogens is 1. The average molecular weight is 514 g/mol. The Bertz CT molecular complexity index is 1170. The highest BCUT2D eigenvalue weighted by Crippen LogP contribution is 2.29. The number of benzene rings is 1. The Morgan fingerprint density at radius 3 is 2.47 bits per heavy atom. The second-order valence-corrected chi connectivity index (χ2v) is 10.0. The van der Waals surface area contributed by atoms with Crippen LogP contribution in [0.25, 0.3) is 16.7 Å². The largest absolute Gasteiger partial charge is 0.384 e. The summed E-state index contributed by atoms with van der Waals surface area (Å²) in [6.07, 6.45) is 12.5. The third-order valence-electron chi connectivity index (χ3n) is 6.64. The van der Waals surface area contributed by atoms with Crippen molar-refractivity contribution in [1.82, 2.24) is 25.4 Å². The van der Waals surface area contributed by atoms with Gasteiger partial charge in [0.25, 0.3) is 0 Å². The van der Waals surface area contributed by atoms with Crippen LogP contribution in [0.15, 0.2) is 91.7 Å². The first-order valence-corrected chi connectivity index (χ1v) is 13.1. The monoisotopic (exact) mass is 513 g/mol. The number of likely N-dealkylation sites (tertiary alicyclic amines) is 1. The fraction of sp³-hybridized carbons (Fsp3) is 0.364. The molecular weight excluding hydrogens is 466 g/mol. The minimum absolute atomic E-state index is 0. The molecule has 1 aliphatic heterocycles. The van der Waals surface area contributed by atoms with Gasteiger partial charge in [0.1, 0.15) is 0 Å². The molecule has 2 aromatic rings. The van der Waals surface area contributed by atoms with Crippen molar-refractivity contribution in [2.75, 3.05) is 40.3 Å². The SMILES string of the molecule is C.C=C(/C=C\C(=C/C)NC(=C)C(=C)c1cc(-c2cncc(CN3CCCC3)c2)ccc1C)NCCN(C)C. The van der Waals surface area contributed by atoms with E-state index in [0.717, 1.165) is 64.6 Å². The van der Waals surface area contributed by atoms with Crippen LogP contribution in [0.1, 0.15) is 43.9 Å². The Balaban J connectivity index is 0.00000507. The van der Waals surface area contributed by atoms with E-state index in [-0.39, 0.29) is 7.43 Å². The van der Waals surface area contributed by atoms with E-state index >= 15 is 0 Å². The summed E-state index contributed by atoms with van der Waals surface area (Å²) in [6, 6.07) is 8.77. The molecule has 1 aliphatic rings. The average Bonchev–Trinajstić information content (AvgIpc) is 3.39. The van der Waals surface area contributed by atoms with Crippen molar-refractivity contribution in [2.24, 2.45) is 0 Å². The van der Waals surface area contributed by atoms with Crippen LogP contribution in [-0.4, -0.2) is 55.1 Å². The number of pyridine rings is 1. The van der Waals surface area contributed by atoms with Crippen molar-refractivity contribution in [3.63, 3.8) is 0 Å². The van der Waals surface area contributed by atoms with Crippen LogP contribution < -0.4 is 10.6 Å². The molecule has 1 aromatic carbocycles.